The third-order valence-corrected chi connectivity index (χ3v) is 2.60. The van der Waals surface area contributed by atoms with Crippen LogP contribution >= 0.6 is 27.5 Å². The van der Waals surface area contributed by atoms with Crippen LogP contribution in [0.5, 0.6) is 0 Å². The number of nitrogens with zero attached hydrogens (tertiary/aromatic N) is 1. The van der Waals surface area contributed by atoms with Crippen molar-refractivity contribution in [2.45, 2.75) is 6.54 Å². The quantitative estimate of drug-likeness (QED) is 0.777. The van der Waals surface area contributed by atoms with Crippen molar-refractivity contribution in [1.82, 2.24) is 4.90 Å². The molecule has 0 spiro atoms. The predicted molar refractivity (Wildman–Crippen MR) is 61.7 cm³/mol. The van der Waals surface area contributed by atoms with Crippen LogP contribution in [0.25, 0.3) is 0 Å². The maximum absolute atomic E-state index is 11.2. The molecule has 0 fully saturated rings. The molecule has 0 radical (unpaired) electrons. The van der Waals surface area contributed by atoms with E-state index in [1.54, 1.807) is 11.9 Å². The summed E-state index contributed by atoms with van der Waals surface area (Å²) in [6, 6.07) is 7.48. The normalized spacial score (nSPS) is 9.93. The first kappa shape index (κ1) is 11.5. The highest BCUT2D eigenvalue weighted by molar-refractivity contribution is 9.09. The van der Waals surface area contributed by atoms with Gasteiger partial charge in [-0.25, -0.2) is 0 Å². The average Bonchev–Trinajstić information content (AvgIpc) is 2.20. The van der Waals surface area contributed by atoms with Gasteiger partial charge < -0.3 is 4.90 Å². The molecule has 0 aliphatic heterocycles. The summed E-state index contributed by atoms with van der Waals surface area (Å²) >= 11 is 8.88. The van der Waals surface area contributed by atoms with Crippen LogP contribution in [0.1, 0.15) is 5.56 Å². The van der Waals surface area contributed by atoms with E-state index in [1.165, 1.54) is 0 Å². The van der Waals surface area contributed by atoms with Gasteiger partial charge in [0.25, 0.3) is 0 Å². The number of carbonyl (C=O) groups is 1. The third-order valence-electron chi connectivity index (χ3n) is 1.87. The summed E-state index contributed by atoms with van der Waals surface area (Å²) in [7, 11) is 1.78. The Morgan fingerprint density at radius 1 is 1.43 bits per heavy atom. The second-order valence-corrected chi connectivity index (χ2v) is 4.01. The van der Waals surface area contributed by atoms with E-state index in [-0.39, 0.29) is 5.91 Å². The van der Waals surface area contributed by atoms with Crippen LogP contribution < -0.4 is 0 Å². The molecule has 14 heavy (non-hydrogen) atoms. The standard InChI is InChI=1S/C10H11BrClNO/c1-13(10(14)6-11)7-8-2-4-9(12)5-3-8/h2-5H,6-7H2,1H3. The van der Waals surface area contributed by atoms with Crippen molar-refractivity contribution < 1.29 is 4.79 Å². The Kier molecular flexibility index (Phi) is 4.42. The van der Waals surface area contributed by atoms with Crippen molar-refractivity contribution in [2.24, 2.45) is 0 Å². The fourth-order valence-electron chi connectivity index (χ4n) is 1.05. The minimum Gasteiger partial charge on any atom is -0.341 e. The summed E-state index contributed by atoms with van der Waals surface area (Å²) in [4.78, 5) is 12.9. The van der Waals surface area contributed by atoms with Gasteiger partial charge in [0, 0.05) is 18.6 Å². The Balaban J connectivity index is 2.60. The zero-order chi connectivity index (χ0) is 10.6. The lowest BCUT2D eigenvalue weighted by molar-refractivity contribution is -0.127. The molecular weight excluding hydrogens is 265 g/mol. The van der Waals surface area contributed by atoms with Gasteiger partial charge in [0.15, 0.2) is 0 Å². The summed E-state index contributed by atoms with van der Waals surface area (Å²) in [5, 5.41) is 1.07. The predicted octanol–water partition coefficient (Wildman–Crippen LogP) is 2.69. The van der Waals surface area contributed by atoms with Gasteiger partial charge in [-0.1, -0.05) is 39.7 Å². The summed E-state index contributed by atoms with van der Waals surface area (Å²) in [6.07, 6.45) is 0. The van der Waals surface area contributed by atoms with E-state index in [2.05, 4.69) is 15.9 Å². The van der Waals surface area contributed by atoms with Crippen molar-refractivity contribution in [3.8, 4) is 0 Å². The number of alkyl halides is 1. The summed E-state index contributed by atoms with van der Waals surface area (Å²) < 4.78 is 0. The molecule has 0 bridgehead atoms. The molecule has 1 amide bonds. The molecule has 0 N–H and O–H groups in total. The number of rotatable bonds is 3. The monoisotopic (exact) mass is 275 g/mol. The molecule has 0 unspecified atom stereocenters. The lowest BCUT2D eigenvalue weighted by Crippen LogP contribution is -2.26. The van der Waals surface area contributed by atoms with E-state index < -0.39 is 0 Å². The zero-order valence-corrected chi connectivity index (χ0v) is 10.2. The number of halogens is 2. The van der Waals surface area contributed by atoms with Crippen molar-refractivity contribution in [3.63, 3.8) is 0 Å². The lowest BCUT2D eigenvalue weighted by Gasteiger charge is -2.15. The van der Waals surface area contributed by atoms with Gasteiger partial charge in [-0.05, 0) is 17.7 Å². The van der Waals surface area contributed by atoms with E-state index in [1.807, 2.05) is 24.3 Å². The molecule has 1 aromatic rings. The molecule has 1 aromatic carbocycles. The molecule has 0 aromatic heterocycles. The molecule has 0 aliphatic rings. The topological polar surface area (TPSA) is 20.3 Å². The van der Waals surface area contributed by atoms with Crippen LogP contribution in [0.3, 0.4) is 0 Å². The molecule has 2 nitrogen and oxygen atoms in total. The maximum Gasteiger partial charge on any atom is 0.233 e. The number of benzene rings is 1. The summed E-state index contributed by atoms with van der Waals surface area (Å²) in [5.74, 6) is 0.0694. The number of amides is 1. The maximum atomic E-state index is 11.2. The first-order valence-electron chi connectivity index (χ1n) is 4.18. The van der Waals surface area contributed by atoms with Crippen molar-refractivity contribution in [1.29, 1.82) is 0 Å². The minimum absolute atomic E-state index is 0.0694. The first-order valence-corrected chi connectivity index (χ1v) is 5.68. The number of hydrogen-bond donors (Lipinski definition) is 0. The van der Waals surface area contributed by atoms with E-state index >= 15 is 0 Å². The second kappa shape index (κ2) is 5.37. The summed E-state index contributed by atoms with van der Waals surface area (Å²) in [5.41, 5.74) is 1.08. The van der Waals surface area contributed by atoms with Gasteiger partial charge in [0.1, 0.15) is 0 Å². The SMILES string of the molecule is CN(Cc1ccc(Cl)cc1)C(=O)CBr. The summed E-state index contributed by atoms with van der Waals surface area (Å²) in [6.45, 7) is 0.613. The molecule has 0 heterocycles. The number of carbonyl (C=O) groups excluding carboxylic acids is 1. The van der Waals surface area contributed by atoms with Crippen LogP contribution in [-0.2, 0) is 11.3 Å². The molecule has 0 atom stereocenters. The Morgan fingerprint density at radius 3 is 2.50 bits per heavy atom. The molecule has 0 saturated carbocycles. The first-order chi connectivity index (χ1) is 6.63. The third kappa shape index (κ3) is 3.31. The lowest BCUT2D eigenvalue weighted by atomic mass is 10.2. The van der Waals surface area contributed by atoms with Gasteiger partial charge >= 0.3 is 0 Å². The Hall–Kier alpha value is -0.540. The van der Waals surface area contributed by atoms with Gasteiger partial charge in [0.05, 0.1) is 5.33 Å². The van der Waals surface area contributed by atoms with Crippen LogP contribution in [0, 0.1) is 0 Å². The smallest absolute Gasteiger partial charge is 0.233 e. The van der Waals surface area contributed by atoms with Crippen molar-refractivity contribution in [2.75, 3.05) is 12.4 Å². The highest BCUT2D eigenvalue weighted by Crippen LogP contribution is 2.11. The Morgan fingerprint density at radius 2 is 2.00 bits per heavy atom. The Bertz CT molecular complexity index is 312. The molecular formula is C10H11BrClNO. The van der Waals surface area contributed by atoms with Crippen LogP contribution in [0.15, 0.2) is 24.3 Å². The minimum atomic E-state index is 0.0694. The van der Waals surface area contributed by atoms with E-state index in [0.717, 1.165) is 5.56 Å². The van der Waals surface area contributed by atoms with Crippen molar-refractivity contribution >= 4 is 33.4 Å². The molecule has 0 aliphatic carbocycles. The fourth-order valence-corrected chi connectivity index (χ4v) is 1.61. The second-order valence-electron chi connectivity index (χ2n) is 3.01. The van der Waals surface area contributed by atoms with Gasteiger partial charge in [-0.3, -0.25) is 4.79 Å². The molecule has 1 rings (SSSR count). The Labute approximate surface area is 97.0 Å². The van der Waals surface area contributed by atoms with Gasteiger partial charge in [0.2, 0.25) is 5.91 Å². The largest absolute Gasteiger partial charge is 0.341 e. The zero-order valence-electron chi connectivity index (χ0n) is 7.84. The fraction of sp³-hybridized carbons (Fsp3) is 0.300. The highest BCUT2D eigenvalue weighted by atomic mass is 79.9. The molecule has 76 valence electrons. The molecule has 0 saturated heterocycles. The van der Waals surface area contributed by atoms with Gasteiger partial charge in [-0.15, -0.1) is 0 Å². The van der Waals surface area contributed by atoms with E-state index in [4.69, 9.17) is 11.6 Å². The number of hydrogen-bond acceptors (Lipinski definition) is 1. The highest BCUT2D eigenvalue weighted by Gasteiger charge is 2.06. The van der Waals surface area contributed by atoms with Crippen LogP contribution in [0.2, 0.25) is 5.02 Å². The average molecular weight is 277 g/mol. The van der Waals surface area contributed by atoms with Crippen LogP contribution in [-0.4, -0.2) is 23.2 Å². The van der Waals surface area contributed by atoms with E-state index in [0.29, 0.717) is 16.9 Å². The van der Waals surface area contributed by atoms with Crippen molar-refractivity contribution in [3.05, 3.63) is 34.9 Å². The molecule has 4 heteroatoms. The van der Waals surface area contributed by atoms with Gasteiger partial charge in [-0.2, -0.15) is 0 Å². The van der Waals surface area contributed by atoms with Crippen LogP contribution in [0.4, 0.5) is 0 Å². The van der Waals surface area contributed by atoms with E-state index in [9.17, 15) is 4.79 Å².